The van der Waals surface area contributed by atoms with Crippen LogP contribution in [0.2, 0.25) is 0 Å². The van der Waals surface area contributed by atoms with Gasteiger partial charge in [0.1, 0.15) is 5.52 Å². The molecule has 1 saturated heterocycles. The van der Waals surface area contributed by atoms with Crippen molar-refractivity contribution in [3.63, 3.8) is 0 Å². The molecule has 4 heterocycles. The van der Waals surface area contributed by atoms with Crippen molar-refractivity contribution < 1.29 is 4.79 Å². The third-order valence-corrected chi connectivity index (χ3v) is 9.19. The van der Waals surface area contributed by atoms with Gasteiger partial charge in [0.25, 0.3) is 0 Å². The molecule has 40 heavy (non-hydrogen) atoms. The summed E-state index contributed by atoms with van der Waals surface area (Å²) in [4.78, 5) is 23.1. The molecular weight excluding hydrogens is 516 g/mol. The molecule has 0 N–H and O–H groups in total. The molecule has 1 amide bonds. The number of benzene rings is 3. The van der Waals surface area contributed by atoms with E-state index in [1.54, 1.807) is 0 Å². The second-order valence-electron chi connectivity index (χ2n) is 11.0. The van der Waals surface area contributed by atoms with Crippen molar-refractivity contribution in [1.82, 2.24) is 24.6 Å². The van der Waals surface area contributed by atoms with Crippen molar-refractivity contribution in [3.05, 3.63) is 89.5 Å². The maximum Gasteiger partial charge on any atom is 0.237 e. The molecule has 1 fully saturated rings. The fraction of sp³-hybridized carbons (Fsp3) is 0.312. The Hall–Kier alpha value is -3.75. The third kappa shape index (κ3) is 4.45. The first-order valence-corrected chi connectivity index (χ1v) is 14.9. The number of rotatable bonds is 6. The second-order valence-corrected chi connectivity index (χ2v) is 12.0. The standard InChI is InChI=1S/C32H32N6OS/c1-21-12-13-27-24(18-21)25-19-36(2)16-15-28(25)38(27)29(39)20-40-32-33-31-30(34-35-32)23-10-6-7-11-26(23)37(31)17-14-22-8-4-3-5-9-22/h3-13,18,25,28H,14-17,19-20H2,1-2H3/t25-,28+/m0/s1. The van der Waals surface area contributed by atoms with Gasteiger partial charge in [-0.25, -0.2) is 4.98 Å². The minimum atomic E-state index is 0.112. The largest absolute Gasteiger partial charge is 0.323 e. The minimum Gasteiger partial charge on any atom is -0.323 e. The molecule has 3 aromatic carbocycles. The Balaban J connectivity index is 1.16. The van der Waals surface area contributed by atoms with Gasteiger partial charge in [-0.3, -0.25) is 4.79 Å². The lowest BCUT2D eigenvalue weighted by atomic mass is 9.89. The van der Waals surface area contributed by atoms with Gasteiger partial charge < -0.3 is 14.4 Å². The highest BCUT2D eigenvalue weighted by Crippen LogP contribution is 2.45. The first kappa shape index (κ1) is 25.2. The SMILES string of the molecule is Cc1ccc2c(c1)[C@@H]1CN(C)CC[C@H]1N2C(=O)CSc1nnc2c3ccccc3n(CCc3ccccc3)c2n1. The molecule has 8 heteroatoms. The number of carbonyl (C=O) groups is 1. The summed E-state index contributed by atoms with van der Waals surface area (Å²) >= 11 is 1.38. The quantitative estimate of drug-likeness (QED) is 0.263. The number of likely N-dealkylation sites (tertiary alicyclic amines) is 1. The van der Waals surface area contributed by atoms with Gasteiger partial charge in [0.05, 0.1) is 11.3 Å². The van der Waals surface area contributed by atoms with Crippen LogP contribution in [0.3, 0.4) is 0 Å². The summed E-state index contributed by atoms with van der Waals surface area (Å²) in [7, 11) is 2.17. The number of nitrogens with zero attached hydrogens (tertiary/aromatic N) is 6. The van der Waals surface area contributed by atoms with Crippen LogP contribution in [0, 0.1) is 6.92 Å². The summed E-state index contributed by atoms with van der Waals surface area (Å²) in [5.74, 6) is 0.752. The lowest BCUT2D eigenvalue weighted by Crippen LogP contribution is -2.47. The number of thioether (sulfide) groups is 1. The molecule has 2 aromatic heterocycles. The van der Waals surface area contributed by atoms with Gasteiger partial charge in [0.15, 0.2) is 5.65 Å². The van der Waals surface area contributed by atoms with E-state index in [1.165, 1.54) is 28.5 Å². The summed E-state index contributed by atoms with van der Waals surface area (Å²) in [5, 5.41) is 10.6. The summed E-state index contributed by atoms with van der Waals surface area (Å²) in [6, 6.07) is 25.5. The van der Waals surface area contributed by atoms with Gasteiger partial charge in [0.2, 0.25) is 11.1 Å². The number of aryl methyl sites for hydroxylation is 3. The van der Waals surface area contributed by atoms with Crippen LogP contribution in [0.1, 0.15) is 29.0 Å². The third-order valence-electron chi connectivity index (χ3n) is 8.37. The fourth-order valence-electron chi connectivity index (χ4n) is 6.46. The molecule has 0 spiro atoms. The number of piperidine rings is 1. The summed E-state index contributed by atoms with van der Waals surface area (Å²) in [6.07, 6.45) is 1.88. The number of hydrogen-bond acceptors (Lipinski definition) is 6. The number of likely N-dealkylation sites (N-methyl/N-ethyl adjacent to an activating group) is 1. The van der Waals surface area contributed by atoms with Crippen LogP contribution in [0.25, 0.3) is 22.1 Å². The molecule has 7 nitrogen and oxygen atoms in total. The van der Waals surface area contributed by atoms with E-state index < -0.39 is 0 Å². The van der Waals surface area contributed by atoms with Crippen molar-refractivity contribution in [2.24, 2.45) is 0 Å². The van der Waals surface area contributed by atoms with E-state index >= 15 is 0 Å². The predicted octanol–water partition coefficient (Wildman–Crippen LogP) is 5.46. The Morgan fingerprint density at radius 1 is 1.02 bits per heavy atom. The van der Waals surface area contributed by atoms with E-state index in [0.717, 1.165) is 60.2 Å². The van der Waals surface area contributed by atoms with Crippen LogP contribution in [0.5, 0.6) is 0 Å². The maximum absolute atomic E-state index is 13.7. The molecule has 0 radical (unpaired) electrons. The Labute approximate surface area is 238 Å². The van der Waals surface area contributed by atoms with Gasteiger partial charge >= 0.3 is 0 Å². The van der Waals surface area contributed by atoms with Crippen LogP contribution in [-0.4, -0.2) is 62.5 Å². The monoisotopic (exact) mass is 548 g/mol. The average Bonchev–Trinajstić information content (AvgIpc) is 3.47. The van der Waals surface area contributed by atoms with Gasteiger partial charge in [-0.1, -0.05) is 78.0 Å². The molecule has 0 unspecified atom stereocenters. The number of anilines is 1. The van der Waals surface area contributed by atoms with Gasteiger partial charge in [-0.05, 0) is 56.6 Å². The number of para-hydroxylation sites is 1. The van der Waals surface area contributed by atoms with E-state index in [-0.39, 0.29) is 17.7 Å². The molecule has 7 rings (SSSR count). The Morgan fingerprint density at radius 3 is 2.73 bits per heavy atom. The maximum atomic E-state index is 13.7. The highest BCUT2D eigenvalue weighted by molar-refractivity contribution is 7.99. The Bertz CT molecular complexity index is 1720. The normalized spacial score (nSPS) is 18.8. The minimum absolute atomic E-state index is 0.112. The molecule has 0 saturated carbocycles. The van der Waals surface area contributed by atoms with Crippen molar-refractivity contribution in [1.29, 1.82) is 0 Å². The number of carbonyl (C=O) groups excluding carboxylic acids is 1. The molecule has 5 aromatic rings. The molecule has 0 aliphatic carbocycles. The zero-order chi connectivity index (χ0) is 27.2. The van der Waals surface area contributed by atoms with Crippen LogP contribution in [0.4, 0.5) is 5.69 Å². The molecule has 2 aliphatic heterocycles. The smallest absolute Gasteiger partial charge is 0.237 e. The topological polar surface area (TPSA) is 67.2 Å². The van der Waals surface area contributed by atoms with Crippen LogP contribution < -0.4 is 4.90 Å². The molecule has 0 bridgehead atoms. The summed E-state index contributed by atoms with van der Waals surface area (Å²) < 4.78 is 2.24. The highest BCUT2D eigenvalue weighted by atomic mass is 32.2. The first-order chi connectivity index (χ1) is 19.6. The fourth-order valence-corrected chi connectivity index (χ4v) is 7.10. The number of fused-ring (bicyclic) bond motifs is 6. The van der Waals surface area contributed by atoms with Crippen molar-refractivity contribution in [3.8, 4) is 0 Å². The van der Waals surface area contributed by atoms with Crippen LogP contribution in [-0.2, 0) is 17.8 Å². The van der Waals surface area contributed by atoms with Gasteiger partial charge in [0, 0.05) is 36.1 Å². The van der Waals surface area contributed by atoms with E-state index in [1.807, 2.05) is 18.2 Å². The van der Waals surface area contributed by atoms with Crippen LogP contribution >= 0.6 is 11.8 Å². The van der Waals surface area contributed by atoms with Gasteiger partial charge in [-0.2, -0.15) is 0 Å². The van der Waals surface area contributed by atoms with E-state index in [9.17, 15) is 4.79 Å². The molecule has 2 aliphatic rings. The molecule has 2 atom stereocenters. The Morgan fingerprint density at radius 2 is 1.85 bits per heavy atom. The average molecular weight is 549 g/mol. The Kier molecular flexibility index (Phi) is 6.52. The number of hydrogen-bond donors (Lipinski definition) is 0. The molecular formula is C32H32N6OS. The number of amides is 1. The van der Waals surface area contributed by atoms with E-state index in [4.69, 9.17) is 4.98 Å². The summed E-state index contributed by atoms with van der Waals surface area (Å²) in [6.45, 7) is 4.90. The number of aromatic nitrogens is 4. The van der Waals surface area contributed by atoms with Crippen LogP contribution in [0.15, 0.2) is 78.0 Å². The second kappa shape index (κ2) is 10.3. The summed E-state index contributed by atoms with van der Waals surface area (Å²) in [5.41, 5.74) is 7.62. The predicted molar refractivity (Wildman–Crippen MR) is 161 cm³/mol. The zero-order valence-corrected chi connectivity index (χ0v) is 23.6. The highest BCUT2D eigenvalue weighted by Gasteiger charge is 2.43. The van der Waals surface area contributed by atoms with Crippen molar-refractivity contribution in [2.45, 2.75) is 43.4 Å². The van der Waals surface area contributed by atoms with E-state index in [2.05, 4.69) is 93.1 Å². The van der Waals surface area contributed by atoms with E-state index in [0.29, 0.717) is 11.1 Å². The lowest BCUT2D eigenvalue weighted by molar-refractivity contribution is -0.116. The molecule has 202 valence electrons. The lowest BCUT2D eigenvalue weighted by Gasteiger charge is -2.36. The first-order valence-electron chi connectivity index (χ1n) is 14.0. The zero-order valence-electron chi connectivity index (χ0n) is 22.8. The van der Waals surface area contributed by atoms with Gasteiger partial charge in [-0.15, -0.1) is 10.2 Å². The van der Waals surface area contributed by atoms with Crippen molar-refractivity contribution >= 4 is 45.4 Å². The van der Waals surface area contributed by atoms with Crippen molar-refractivity contribution in [2.75, 3.05) is 30.8 Å².